The Balaban J connectivity index is 2.56. The van der Waals surface area contributed by atoms with Crippen molar-refractivity contribution in [2.24, 2.45) is 5.92 Å². The van der Waals surface area contributed by atoms with Gasteiger partial charge in [0.15, 0.2) is 9.84 Å². The zero-order valence-corrected chi connectivity index (χ0v) is 10.6. The predicted octanol–water partition coefficient (Wildman–Crippen LogP) is 1.16. The van der Waals surface area contributed by atoms with E-state index in [1.54, 1.807) is 31.2 Å². The highest BCUT2D eigenvalue weighted by atomic mass is 32.2. The summed E-state index contributed by atoms with van der Waals surface area (Å²) in [5.74, 6) is 0.296. The fourth-order valence-electron chi connectivity index (χ4n) is 2.40. The minimum atomic E-state index is -3.22. The Hall–Kier alpha value is -1.07. The molecule has 0 radical (unpaired) electrons. The Morgan fingerprint density at radius 3 is 2.59 bits per heavy atom. The average molecular weight is 256 g/mol. The van der Waals surface area contributed by atoms with Crippen LogP contribution in [0.3, 0.4) is 0 Å². The van der Waals surface area contributed by atoms with E-state index in [1.807, 2.05) is 0 Å². The number of para-hydroxylation sites is 1. The first kappa shape index (κ1) is 12.4. The highest BCUT2D eigenvalue weighted by Gasteiger charge is 2.40. The van der Waals surface area contributed by atoms with E-state index in [9.17, 15) is 13.5 Å². The molecule has 2 rings (SSSR count). The van der Waals surface area contributed by atoms with Crippen LogP contribution in [0.1, 0.15) is 17.7 Å². The van der Waals surface area contributed by atoms with Crippen LogP contribution in [0.4, 0.5) is 0 Å². The number of rotatable bonds is 2. The van der Waals surface area contributed by atoms with Gasteiger partial charge in [-0.2, -0.15) is 0 Å². The first-order chi connectivity index (χ1) is 7.95. The maximum atomic E-state index is 11.9. The van der Waals surface area contributed by atoms with Crippen LogP contribution in [0.15, 0.2) is 24.3 Å². The van der Waals surface area contributed by atoms with E-state index < -0.39 is 21.2 Å². The lowest BCUT2D eigenvalue weighted by Gasteiger charge is -2.36. The fraction of sp³-hybridized carbons (Fsp3) is 0.500. The van der Waals surface area contributed by atoms with Gasteiger partial charge in [-0.25, -0.2) is 8.42 Å². The highest BCUT2D eigenvalue weighted by Crippen LogP contribution is 2.42. The Morgan fingerprint density at radius 2 is 2.00 bits per heavy atom. The van der Waals surface area contributed by atoms with Crippen molar-refractivity contribution in [2.45, 2.75) is 18.3 Å². The summed E-state index contributed by atoms with van der Waals surface area (Å²) in [7, 11) is -3.22. The maximum absolute atomic E-state index is 11.9. The number of sulfone groups is 1. The molecule has 5 heteroatoms. The minimum Gasteiger partial charge on any atom is -0.487 e. The Labute approximate surface area is 101 Å². The number of hydrogen-bond donors (Lipinski definition) is 1. The van der Waals surface area contributed by atoms with Gasteiger partial charge in [0.05, 0.1) is 11.9 Å². The number of benzene rings is 1. The first-order valence-corrected chi connectivity index (χ1v) is 7.46. The summed E-state index contributed by atoms with van der Waals surface area (Å²) in [5, 5.41) is 8.64. The average Bonchev–Trinajstić information content (AvgIpc) is 2.26. The first-order valence-electron chi connectivity index (χ1n) is 5.50. The van der Waals surface area contributed by atoms with E-state index in [4.69, 9.17) is 4.74 Å². The molecule has 94 valence electrons. The van der Waals surface area contributed by atoms with Crippen LogP contribution in [0.5, 0.6) is 5.75 Å². The van der Waals surface area contributed by atoms with Crippen LogP contribution in [0, 0.1) is 5.92 Å². The van der Waals surface area contributed by atoms with Gasteiger partial charge in [-0.15, -0.1) is 0 Å². The van der Waals surface area contributed by atoms with Crippen LogP contribution in [0.25, 0.3) is 0 Å². The number of aliphatic hydroxyl groups is 1. The van der Waals surface area contributed by atoms with Gasteiger partial charge in [0.25, 0.3) is 0 Å². The summed E-state index contributed by atoms with van der Waals surface area (Å²) >= 11 is 0. The summed E-state index contributed by atoms with van der Waals surface area (Å²) in [6.07, 6.45) is 0.759. The highest BCUT2D eigenvalue weighted by molar-refractivity contribution is 7.91. The molecule has 17 heavy (non-hydrogen) atoms. The molecule has 3 atom stereocenters. The SMILES string of the molecule is C[C@H]1C(S(C)(=O)=O)c2ccccc2O[C@H]1CO. The molecular formula is C12H16O4S. The topological polar surface area (TPSA) is 63.6 Å². The second kappa shape index (κ2) is 4.31. The van der Waals surface area contributed by atoms with Gasteiger partial charge in [-0.3, -0.25) is 0 Å². The minimum absolute atomic E-state index is 0.179. The second-order valence-corrected chi connectivity index (χ2v) is 6.65. The third-order valence-corrected chi connectivity index (χ3v) is 4.81. The maximum Gasteiger partial charge on any atom is 0.155 e. The van der Waals surface area contributed by atoms with Crippen molar-refractivity contribution in [3.05, 3.63) is 29.8 Å². The van der Waals surface area contributed by atoms with Crippen molar-refractivity contribution in [2.75, 3.05) is 12.9 Å². The molecule has 4 nitrogen and oxygen atoms in total. The standard InChI is InChI=1S/C12H16O4S/c1-8-11(7-13)16-10-6-4-3-5-9(10)12(8)17(2,14)15/h3-6,8,11-13H,7H2,1-2H3/t8-,11+,12?/m1/s1. The van der Waals surface area contributed by atoms with E-state index in [1.165, 1.54) is 6.26 Å². The van der Waals surface area contributed by atoms with Crippen LogP contribution >= 0.6 is 0 Å². The molecule has 0 amide bonds. The zero-order chi connectivity index (χ0) is 12.6. The third kappa shape index (κ3) is 2.17. The van der Waals surface area contributed by atoms with Crippen LogP contribution in [-0.4, -0.2) is 32.5 Å². The molecule has 0 bridgehead atoms. The van der Waals surface area contributed by atoms with Crippen molar-refractivity contribution in [1.29, 1.82) is 0 Å². The fourth-order valence-corrected chi connectivity index (χ4v) is 4.01. The number of ether oxygens (including phenoxy) is 1. The molecule has 1 aliphatic heterocycles. The van der Waals surface area contributed by atoms with Crippen molar-refractivity contribution >= 4 is 9.84 Å². The van der Waals surface area contributed by atoms with Gasteiger partial charge >= 0.3 is 0 Å². The van der Waals surface area contributed by atoms with E-state index >= 15 is 0 Å². The molecule has 1 N–H and O–H groups in total. The number of fused-ring (bicyclic) bond motifs is 1. The third-order valence-electron chi connectivity index (χ3n) is 3.21. The molecule has 1 aromatic carbocycles. The van der Waals surface area contributed by atoms with Gasteiger partial charge in [-0.1, -0.05) is 25.1 Å². The van der Waals surface area contributed by atoms with Gasteiger partial charge in [0.1, 0.15) is 11.9 Å². The van der Waals surface area contributed by atoms with Crippen LogP contribution in [-0.2, 0) is 9.84 Å². The van der Waals surface area contributed by atoms with Gasteiger partial charge in [-0.05, 0) is 6.07 Å². The molecule has 0 saturated heterocycles. The smallest absolute Gasteiger partial charge is 0.155 e. The van der Waals surface area contributed by atoms with Crippen molar-refractivity contribution in [3.8, 4) is 5.75 Å². The molecule has 1 unspecified atom stereocenters. The monoisotopic (exact) mass is 256 g/mol. The van der Waals surface area contributed by atoms with E-state index in [2.05, 4.69) is 0 Å². The Morgan fingerprint density at radius 1 is 1.35 bits per heavy atom. The van der Waals surface area contributed by atoms with E-state index in [0.717, 1.165) is 0 Å². The lowest BCUT2D eigenvalue weighted by atomic mass is 9.92. The number of aliphatic hydroxyl groups excluding tert-OH is 1. The van der Waals surface area contributed by atoms with Gasteiger partial charge in [0, 0.05) is 17.7 Å². The quantitative estimate of drug-likeness (QED) is 0.862. The Kier molecular flexibility index (Phi) is 3.14. The Bertz CT molecular complexity index is 509. The zero-order valence-electron chi connectivity index (χ0n) is 9.83. The summed E-state index contributed by atoms with van der Waals surface area (Å²) in [4.78, 5) is 0. The molecule has 0 fully saturated rings. The summed E-state index contributed by atoms with van der Waals surface area (Å²) in [6.45, 7) is 1.62. The normalized spacial score (nSPS) is 28.3. The molecule has 1 aliphatic rings. The predicted molar refractivity (Wildman–Crippen MR) is 64.7 cm³/mol. The van der Waals surface area contributed by atoms with Crippen molar-refractivity contribution < 1.29 is 18.3 Å². The second-order valence-electron chi connectivity index (χ2n) is 4.49. The largest absolute Gasteiger partial charge is 0.487 e. The molecule has 1 heterocycles. The summed E-state index contributed by atoms with van der Waals surface area (Å²) in [6, 6.07) is 7.10. The molecule has 0 saturated carbocycles. The molecule has 0 aromatic heterocycles. The summed E-state index contributed by atoms with van der Waals surface area (Å²) < 4.78 is 29.4. The van der Waals surface area contributed by atoms with E-state index in [0.29, 0.717) is 11.3 Å². The van der Waals surface area contributed by atoms with Gasteiger partial charge in [0.2, 0.25) is 0 Å². The van der Waals surface area contributed by atoms with Gasteiger partial charge < -0.3 is 9.84 Å². The lowest BCUT2D eigenvalue weighted by molar-refractivity contribution is 0.0581. The number of hydrogen-bond acceptors (Lipinski definition) is 4. The van der Waals surface area contributed by atoms with Crippen molar-refractivity contribution in [3.63, 3.8) is 0 Å². The van der Waals surface area contributed by atoms with Crippen LogP contribution < -0.4 is 4.74 Å². The van der Waals surface area contributed by atoms with Crippen LogP contribution in [0.2, 0.25) is 0 Å². The molecule has 1 aromatic rings. The molecule has 0 spiro atoms. The summed E-state index contributed by atoms with van der Waals surface area (Å²) in [5.41, 5.74) is 0.687. The lowest BCUT2D eigenvalue weighted by Crippen LogP contribution is -2.39. The molecular weight excluding hydrogens is 240 g/mol. The van der Waals surface area contributed by atoms with Crippen molar-refractivity contribution in [1.82, 2.24) is 0 Å². The van der Waals surface area contributed by atoms with E-state index in [-0.39, 0.29) is 12.5 Å². The molecule has 0 aliphatic carbocycles.